The van der Waals surface area contributed by atoms with Crippen LogP contribution in [0.5, 0.6) is 5.75 Å². The quantitative estimate of drug-likeness (QED) is 0.275. The highest BCUT2D eigenvalue weighted by atomic mass is 16.3. The highest BCUT2D eigenvalue weighted by molar-refractivity contribution is 5.92. The number of phenols is 1. The Kier molecular flexibility index (Phi) is 5.51. The third kappa shape index (κ3) is 4.12. The van der Waals surface area contributed by atoms with Gasteiger partial charge in [0.25, 0.3) is 0 Å². The van der Waals surface area contributed by atoms with E-state index in [1.54, 1.807) is 12.1 Å². The highest BCUT2D eigenvalue weighted by Gasteiger charge is 2.14. The second-order valence-corrected chi connectivity index (χ2v) is 8.99. The van der Waals surface area contributed by atoms with Gasteiger partial charge < -0.3 is 14.9 Å². The van der Waals surface area contributed by atoms with Crippen molar-refractivity contribution in [1.82, 2.24) is 0 Å². The van der Waals surface area contributed by atoms with E-state index >= 15 is 0 Å². The number of hydrogen-bond donors (Lipinski definition) is 1. The van der Waals surface area contributed by atoms with Gasteiger partial charge in [-0.1, -0.05) is 60.7 Å². The second-order valence-electron chi connectivity index (χ2n) is 8.99. The van der Waals surface area contributed by atoms with Gasteiger partial charge in [-0.15, -0.1) is 0 Å². The Balaban J connectivity index is 1.44. The molecule has 0 spiro atoms. The van der Waals surface area contributed by atoms with Crippen LogP contribution in [0, 0.1) is 0 Å². The molecule has 174 valence electrons. The molecule has 0 saturated heterocycles. The van der Waals surface area contributed by atoms with Crippen LogP contribution in [-0.4, -0.2) is 12.2 Å². The van der Waals surface area contributed by atoms with Crippen molar-refractivity contribution in [1.29, 1.82) is 0 Å². The first-order valence-electron chi connectivity index (χ1n) is 12.1. The fourth-order valence-electron chi connectivity index (χ4n) is 4.73. The average molecular weight is 467 g/mol. The molecular formula is C33H26N2O. The van der Waals surface area contributed by atoms with E-state index in [0.717, 1.165) is 28.4 Å². The Morgan fingerprint density at radius 3 is 1.31 bits per heavy atom. The minimum Gasteiger partial charge on any atom is -0.508 e. The molecule has 0 aliphatic heterocycles. The van der Waals surface area contributed by atoms with Gasteiger partial charge in [0.2, 0.25) is 0 Å². The fourth-order valence-corrected chi connectivity index (χ4v) is 4.73. The summed E-state index contributed by atoms with van der Waals surface area (Å²) in [4.78, 5) is 4.42. The van der Waals surface area contributed by atoms with Gasteiger partial charge in [-0.3, -0.25) is 0 Å². The Morgan fingerprint density at radius 2 is 0.806 bits per heavy atom. The zero-order valence-corrected chi connectivity index (χ0v) is 20.0. The minimum absolute atomic E-state index is 0.268. The molecule has 0 saturated carbocycles. The number of anilines is 5. The topological polar surface area (TPSA) is 26.7 Å². The Hall–Kier alpha value is -4.76. The molecule has 3 heteroatoms. The third-order valence-corrected chi connectivity index (χ3v) is 6.71. The van der Waals surface area contributed by atoms with Crippen LogP contribution in [0.15, 0.2) is 133 Å². The second kappa shape index (κ2) is 9.12. The molecule has 6 aromatic rings. The van der Waals surface area contributed by atoms with Crippen molar-refractivity contribution < 1.29 is 5.11 Å². The smallest absolute Gasteiger partial charge is 0.115 e. The zero-order valence-electron chi connectivity index (χ0n) is 20.0. The largest absolute Gasteiger partial charge is 0.508 e. The molecule has 6 rings (SSSR count). The maximum Gasteiger partial charge on any atom is 0.115 e. The lowest BCUT2D eigenvalue weighted by molar-refractivity contribution is 0.475. The normalized spacial score (nSPS) is 11.0. The van der Waals surface area contributed by atoms with Crippen molar-refractivity contribution in [3.05, 3.63) is 133 Å². The number of aromatic hydroxyl groups is 1. The monoisotopic (exact) mass is 466 g/mol. The zero-order chi connectivity index (χ0) is 24.5. The van der Waals surface area contributed by atoms with Crippen LogP contribution < -0.4 is 9.80 Å². The molecule has 3 nitrogen and oxygen atoms in total. The van der Waals surface area contributed by atoms with Crippen molar-refractivity contribution in [2.24, 2.45) is 0 Å². The van der Waals surface area contributed by atoms with Gasteiger partial charge in [0, 0.05) is 35.5 Å². The van der Waals surface area contributed by atoms with Gasteiger partial charge in [-0.25, -0.2) is 0 Å². The van der Waals surface area contributed by atoms with Gasteiger partial charge in [0.05, 0.1) is 0 Å². The van der Waals surface area contributed by atoms with Crippen LogP contribution in [0.25, 0.3) is 21.5 Å². The van der Waals surface area contributed by atoms with E-state index in [1.165, 1.54) is 21.5 Å². The summed E-state index contributed by atoms with van der Waals surface area (Å²) in [6.45, 7) is 0. The fraction of sp³-hybridized carbons (Fsp3) is 0.0303. The van der Waals surface area contributed by atoms with Gasteiger partial charge in [-0.05, 0) is 94.3 Å². The average Bonchev–Trinajstić information content (AvgIpc) is 2.93. The summed E-state index contributed by atoms with van der Waals surface area (Å²) in [6, 6.07) is 46.0. The van der Waals surface area contributed by atoms with Crippen LogP contribution in [-0.2, 0) is 0 Å². The molecule has 1 N–H and O–H groups in total. The summed E-state index contributed by atoms with van der Waals surface area (Å²) in [7, 11) is 2.03. The summed E-state index contributed by atoms with van der Waals surface area (Å²) < 4.78 is 0. The highest BCUT2D eigenvalue weighted by Crippen LogP contribution is 2.38. The number of fused-ring (bicyclic) bond motifs is 2. The molecule has 0 aliphatic carbocycles. The number of rotatable bonds is 5. The molecule has 0 aromatic heterocycles. The van der Waals surface area contributed by atoms with Crippen molar-refractivity contribution in [3.8, 4) is 5.75 Å². The van der Waals surface area contributed by atoms with Crippen molar-refractivity contribution in [2.75, 3.05) is 16.8 Å². The van der Waals surface area contributed by atoms with Crippen LogP contribution in [0.3, 0.4) is 0 Å². The number of benzene rings is 6. The van der Waals surface area contributed by atoms with E-state index < -0.39 is 0 Å². The molecule has 0 aliphatic rings. The SMILES string of the molecule is CN(c1ccc(O)cc1)c1ccc(N(c2ccc3ccccc3c2)c2ccc3ccccc3c2)cc1. The summed E-state index contributed by atoms with van der Waals surface area (Å²) in [5.41, 5.74) is 5.40. The van der Waals surface area contributed by atoms with Crippen molar-refractivity contribution in [3.63, 3.8) is 0 Å². The molecule has 0 amide bonds. The molecule has 0 unspecified atom stereocenters. The first-order chi connectivity index (χ1) is 17.7. The molecule has 0 heterocycles. The molecule has 0 bridgehead atoms. The van der Waals surface area contributed by atoms with Gasteiger partial charge in [0.1, 0.15) is 5.75 Å². The molecule has 0 radical (unpaired) electrons. The molecule has 36 heavy (non-hydrogen) atoms. The first-order valence-corrected chi connectivity index (χ1v) is 12.1. The Labute approximate surface area is 211 Å². The lowest BCUT2D eigenvalue weighted by Gasteiger charge is -2.27. The van der Waals surface area contributed by atoms with Crippen LogP contribution >= 0.6 is 0 Å². The van der Waals surface area contributed by atoms with E-state index in [-0.39, 0.29) is 5.75 Å². The lowest BCUT2D eigenvalue weighted by atomic mass is 10.1. The first kappa shape index (κ1) is 21.8. The van der Waals surface area contributed by atoms with E-state index in [9.17, 15) is 5.11 Å². The van der Waals surface area contributed by atoms with Crippen LogP contribution in [0.2, 0.25) is 0 Å². The van der Waals surface area contributed by atoms with E-state index in [2.05, 4.69) is 119 Å². The summed E-state index contributed by atoms with van der Waals surface area (Å²) in [6.07, 6.45) is 0. The molecule has 0 atom stereocenters. The van der Waals surface area contributed by atoms with E-state index in [0.29, 0.717) is 0 Å². The Morgan fingerprint density at radius 1 is 0.417 bits per heavy atom. The number of nitrogens with zero attached hydrogens (tertiary/aromatic N) is 2. The standard InChI is InChI=1S/C33H26N2O/c1-34(29-18-20-33(36)21-19-29)28-14-16-30(17-15-28)35(31-12-10-24-6-2-4-8-26(24)22-31)32-13-11-25-7-3-5-9-27(25)23-32/h2-23,36H,1H3. The lowest BCUT2D eigenvalue weighted by Crippen LogP contribution is -2.12. The summed E-state index contributed by atoms with van der Waals surface area (Å²) in [5, 5.41) is 14.5. The predicted octanol–water partition coefficient (Wildman–Crippen LogP) is 8.94. The van der Waals surface area contributed by atoms with E-state index in [4.69, 9.17) is 0 Å². The van der Waals surface area contributed by atoms with Gasteiger partial charge in [0.15, 0.2) is 0 Å². The van der Waals surface area contributed by atoms with Crippen molar-refractivity contribution in [2.45, 2.75) is 0 Å². The van der Waals surface area contributed by atoms with E-state index in [1.807, 2.05) is 19.2 Å². The summed E-state index contributed by atoms with van der Waals surface area (Å²) in [5.74, 6) is 0.268. The van der Waals surface area contributed by atoms with Gasteiger partial charge >= 0.3 is 0 Å². The van der Waals surface area contributed by atoms with Gasteiger partial charge in [-0.2, -0.15) is 0 Å². The van der Waals surface area contributed by atoms with Crippen LogP contribution in [0.4, 0.5) is 28.4 Å². The number of hydrogen-bond acceptors (Lipinski definition) is 3. The number of phenolic OH excluding ortho intramolecular Hbond substituents is 1. The molecule has 0 fully saturated rings. The maximum absolute atomic E-state index is 9.63. The predicted molar refractivity (Wildman–Crippen MR) is 152 cm³/mol. The summed E-state index contributed by atoms with van der Waals surface area (Å²) >= 11 is 0. The minimum atomic E-state index is 0.268. The third-order valence-electron chi connectivity index (χ3n) is 6.71. The molecular weight excluding hydrogens is 440 g/mol. The Bertz CT molecular complexity index is 1580. The van der Waals surface area contributed by atoms with Crippen LogP contribution in [0.1, 0.15) is 0 Å². The van der Waals surface area contributed by atoms with Crippen molar-refractivity contribution >= 4 is 50.0 Å². The molecule has 6 aromatic carbocycles. The maximum atomic E-state index is 9.63.